The molecule has 1 amide bonds. The van der Waals surface area contributed by atoms with Gasteiger partial charge in [-0.15, -0.1) is 0 Å². The van der Waals surface area contributed by atoms with Crippen LogP contribution in [0.15, 0.2) is 24.3 Å². The lowest BCUT2D eigenvalue weighted by Gasteiger charge is -2.39. The highest BCUT2D eigenvalue weighted by molar-refractivity contribution is 6.05. The second-order valence-corrected chi connectivity index (χ2v) is 7.96. The Bertz CT molecular complexity index is 800. The summed E-state index contributed by atoms with van der Waals surface area (Å²) in [5.41, 5.74) is 1.73. The van der Waals surface area contributed by atoms with E-state index in [0.717, 1.165) is 30.3 Å². The molecule has 3 fully saturated rings. The number of para-hydroxylation sites is 1. The zero-order valence-electron chi connectivity index (χ0n) is 14.1. The normalized spacial score (nSPS) is 35.2. The van der Waals surface area contributed by atoms with Crippen molar-refractivity contribution in [3.05, 3.63) is 30.0 Å². The number of nitrogens with zero attached hydrogens (tertiary/aromatic N) is 2. The third-order valence-electron chi connectivity index (χ3n) is 6.69. The summed E-state index contributed by atoms with van der Waals surface area (Å²) in [4.78, 5) is 15.6. The number of fused-ring (bicyclic) bond motifs is 2. The van der Waals surface area contributed by atoms with Crippen molar-refractivity contribution in [2.24, 2.45) is 5.41 Å². The van der Waals surface area contributed by atoms with Gasteiger partial charge in [0, 0.05) is 35.5 Å². The minimum atomic E-state index is 0.107. The summed E-state index contributed by atoms with van der Waals surface area (Å²) >= 11 is 0. The first-order valence-electron chi connectivity index (χ1n) is 9.17. The number of carbonyl (C=O) groups excluding carboxylic acids is 1. The molecule has 2 N–H and O–H groups in total. The van der Waals surface area contributed by atoms with Gasteiger partial charge in [0.25, 0.3) is 5.91 Å². The molecule has 5 rings (SSSR count). The largest absolute Gasteiger partial charge is 0.329 e. The van der Waals surface area contributed by atoms with Gasteiger partial charge in [-0.3, -0.25) is 9.89 Å². The van der Waals surface area contributed by atoms with Crippen molar-refractivity contribution >= 4 is 16.8 Å². The van der Waals surface area contributed by atoms with E-state index in [1.165, 1.54) is 19.3 Å². The molecule has 24 heavy (non-hydrogen) atoms. The van der Waals surface area contributed by atoms with Gasteiger partial charge in [-0.1, -0.05) is 38.0 Å². The quantitative estimate of drug-likeness (QED) is 0.848. The minimum absolute atomic E-state index is 0.107. The third kappa shape index (κ3) is 1.85. The van der Waals surface area contributed by atoms with Gasteiger partial charge in [0.1, 0.15) is 0 Å². The highest BCUT2D eigenvalue weighted by atomic mass is 16.2. The van der Waals surface area contributed by atoms with Gasteiger partial charge in [0.15, 0.2) is 5.69 Å². The number of aromatic amines is 1. The van der Waals surface area contributed by atoms with Gasteiger partial charge in [0.05, 0.1) is 5.52 Å². The Morgan fingerprint density at radius 2 is 2.12 bits per heavy atom. The van der Waals surface area contributed by atoms with Crippen LogP contribution in [0.3, 0.4) is 0 Å². The average molecular weight is 324 g/mol. The van der Waals surface area contributed by atoms with Crippen LogP contribution in [0, 0.1) is 5.41 Å². The average Bonchev–Trinajstić information content (AvgIpc) is 3.06. The zero-order chi connectivity index (χ0) is 16.3. The van der Waals surface area contributed by atoms with Gasteiger partial charge in [-0.2, -0.15) is 5.10 Å². The summed E-state index contributed by atoms with van der Waals surface area (Å²) in [6.07, 6.45) is 5.98. The summed E-state index contributed by atoms with van der Waals surface area (Å²) in [6, 6.07) is 9.11. The third-order valence-corrected chi connectivity index (χ3v) is 6.69. The molecule has 0 unspecified atom stereocenters. The van der Waals surface area contributed by atoms with Crippen molar-refractivity contribution < 1.29 is 4.79 Å². The van der Waals surface area contributed by atoms with Gasteiger partial charge in [-0.25, -0.2) is 0 Å². The van der Waals surface area contributed by atoms with Gasteiger partial charge < -0.3 is 10.2 Å². The maximum absolute atomic E-state index is 13.4. The van der Waals surface area contributed by atoms with Crippen LogP contribution >= 0.6 is 0 Å². The smallest absolute Gasteiger partial charge is 0.275 e. The van der Waals surface area contributed by atoms with Gasteiger partial charge >= 0.3 is 0 Å². The lowest BCUT2D eigenvalue weighted by atomic mass is 9.72. The predicted molar refractivity (Wildman–Crippen MR) is 92.8 cm³/mol. The molecule has 5 nitrogen and oxygen atoms in total. The van der Waals surface area contributed by atoms with Crippen LogP contribution in [0.4, 0.5) is 0 Å². The van der Waals surface area contributed by atoms with Crippen molar-refractivity contribution in [2.45, 2.75) is 57.2 Å². The Labute approximate surface area is 141 Å². The minimum Gasteiger partial charge on any atom is -0.329 e. The highest BCUT2D eigenvalue weighted by Gasteiger charge is 2.57. The number of hydrogen-bond acceptors (Lipinski definition) is 3. The van der Waals surface area contributed by atoms with Crippen LogP contribution in [0.5, 0.6) is 0 Å². The molecule has 5 heteroatoms. The number of aromatic nitrogens is 2. The fourth-order valence-electron chi connectivity index (χ4n) is 5.51. The molecule has 3 heterocycles. The second kappa shape index (κ2) is 5.06. The number of H-pyrrole nitrogens is 1. The molecule has 2 aromatic rings. The fourth-order valence-corrected chi connectivity index (χ4v) is 5.51. The molecule has 4 atom stereocenters. The van der Waals surface area contributed by atoms with Crippen molar-refractivity contribution in [2.75, 3.05) is 6.54 Å². The summed E-state index contributed by atoms with van der Waals surface area (Å²) in [6.45, 7) is 3.31. The maximum atomic E-state index is 13.4. The number of carbonyl (C=O) groups is 1. The molecule has 2 aliphatic heterocycles. The Morgan fingerprint density at radius 1 is 1.29 bits per heavy atom. The molecule has 2 bridgehead atoms. The first-order valence-corrected chi connectivity index (χ1v) is 9.17. The summed E-state index contributed by atoms with van der Waals surface area (Å²) < 4.78 is 0. The van der Waals surface area contributed by atoms with Gasteiger partial charge in [-0.05, 0) is 25.3 Å². The van der Waals surface area contributed by atoms with Crippen LogP contribution in [0.25, 0.3) is 10.9 Å². The highest BCUT2D eigenvalue weighted by Crippen LogP contribution is 2.50. The number of piperidine rings is 1. The topological polar surface area (TPSA) is 61.0 Å². The maximum Gasteiger partial charge on any atom is 0.275 e. The van der Waals surface area contributed by atoms with E-state index in [-0.39, 0.29) is 11.3 Å². The first kappa shape index (κ1) is 14.5. The van der Waals surface area contributed by atoms with Crippen LogP contribution < -0.4 is 5.32 Å². The molecule has 2 saturated heterocycles. The summed E-state index contributed by atoms with van der Waals surface area (Å²) in [5.74, 6) is 0.107. The first-order chi connectivity index (χ1) is 11.7. The Morgan fingerprint density at radius 3 is 3.04 bits per heavy atom. The van der Waals surface area contributed by atoms with E-state index in [1.54, 1.807) is 0 Å². The zero-order valence-corrected chi connectivity index (χ0v) is 14.1. The van der Waals surface area contributed by atoms with Crippen LogP contribution in [0.2, 0.25) is 0 Å². The molecule has 1 aliphatic carbocycles. The van der Waals surface area contributed by atoms with Crippen molar-refractivity contribution in [1.82, 2.24) is 20.4 Å². The van der Waals surface area contributed by atoms with E-state index in [2.05, 4.69) is 27.3 Å². The second-order valence-electron chi connectivity index (χ2n) is 7.96. The molecule has 126 valence electrons. The van der Waals surface area contributed by atoms with E-state index in [0.29, 0.717) is 23.8 Å². The summed E-state index contributed by atoms with van der Waals surface area (Å²) in [7, 11) is 0. The van der Waals surface area contributed by atoms with Crippen molar-refractivity contribution in [3.63, 3.8) is 0 Å². The SMILES string of the molecule is C[C@@]12C[C@H]3CN[C@@H]1CCCC[C@@H]2N3C(=O)c1n[nH]c2ccccc12. The van der Waals surface area contributed by atoms with Crippen LogP contribution in [0.1, 0.15) is 49.5 Å². The number of benzene rings is 1. The van der Waals surface area contributed by atoms with E-state index in [9.17, 15) is 4.79 Å². The van der Waals surface area contributed by atoms with E-state index < -0.39 is 0 Å². The van der Waals surface area contributed by atoms with E-state index >= 15 is 0 Å². The molecule has 1 saturated carbocycles. The fraction of sp³-hybridized carbons (Fsp3) is 0.579. The molecule has 1 aromatic carbocycles. The lowest BCUT2D eigenvalue weighted by molar-refractivity contribution is 0.0625. The monoisotopic (exact) mass is 324 g/mol. The Kier molecular flexibility index (Phi) is 3.05. The summed E-state index contributed by atoms with van der Waals surface area (Å²) in [5, 5.41) is 12.1. The van der Waals surface area contributed by atoms with Crippen molar-refractivity contribution in [1.29, 1.82) is 0 Å². The molecule has 0 radical (unpaired) electrons. The number of hydrogen-bond donors (Lipinski definition) is 2. The molecule has 3 aliphatic rings. The van der Waals surface area contributed by atoms with Crippen molar-refractivity contribution in [3.8, 4) is 0 Å². The van der Waals surface area contributed by atoms with Crippen LogP contribution in [-0.2, 0) is 0 Å². The van der Waals surface area contributed by atoms with E-state index in [1.807, 2.05) is 24.3 Å². The number of rotatable bonds is 1. The Hall–Kier alpha value is -1.88. The van der Waals surface area contributed by atoms with Crippen LogP contribution in [-0.4, -0.2) is 45.7 Å². The number of amides is 1. The molecular formula is C19H24N4O. The molecule has 0 spiro atoms. The van der Waals surface area contributed by atoms with Gasteiger partial charge in [0.2, 0.25) is 0 Å². The van der Waals surface area contributed by atoms with E-state index in [4.69, 9.17) is 0 Å². The lowest BCUT2D eigenvalue weighted by Crippen LogP contribution is -2.51. The molecule has 1 aromatic heterocycles. The standard InChI is InChI=1S/C19H24N4O/c1-19-10-12-11-20-15(19)8-4-5-9-16(19)23(12)18(24)17-13-6-2-3-7-14(13)21-22-17/h2-3,6-7,12,15-16,20H,4-5,8-11H2,1H3,(H,21,22)/t12-,15+,16-,19+/m0/s1. The predicted octanol–water partition coefficient (Wildman–Crippen LogP) is 2.70. The number of nitrogens with one attached hydrogen (secondary N) is 2. The Balaban J connectivity index is 1.57. The molecular weight excluding hydrogens is 300 g/mol. The number of likely N-dealkylation sites (tertiary alicyclic amines) is 1.